The van der Waals surface area contributed by atoms with Gasteiger partial charge in [0, 0.05) is 19.3 Å². The summed E-state index contributed by atoms with van der Waals surface area (Å²) in [4.78, 5) is 0. The highest BCUT2D eigenvalue weighted by Gasteiger charge is 2.08. The second-order valence-corrected chi connectivity index (χ2v) is 5.59. The molecule has 16 heavy (non-hydrogen) atoms. The smallest absolute Gasteiger partial charge is 0.224 e. The zero-order chi connectivity index (χ0) is 11.8. The maximum Gasteiger partial charge on any atom is 0.224 e. The highest BCUT2D eigenvalue weighted by molar-refractivity contribution is 6.30. The second-order valence-electron chi connectivity index (χ2n) is 3.81. The number of benzene rings is 1. The lowest BCUT2D eigenvalue weighted by molar-refractivity contribution is 0.191. The summed E-state index contributed by atoms with van der Waals surface area (Å²) in [6.45, 7) is 6.72. The van der Waals surface area contributed by atoms with Crippen molar-refractivity contribution >= 4 is 15.8 Å². The van der Waals surface area contributed by atoms with Gasteiger partial charge in [-0.2, -0.15) is 0 Å². The Balaban J connectivity index is 2.43. The van der Waals surface area contributed by atoms with Crippen molar-refractivity contribution in [2.75, 3.05) is 13.7 Å². The molecule has 1 aromatic carbocycles. The van der Waals surface area contributed by atoms with E-state index in [4.69, 9.17) is 9.16 Å². The zero-order valence-electron chi connectivity index (χ0n) is 10.1. The van der Waals surface area contributed by atoms with Crippen LogP contribution in [0.2, 0.25) is 5.54 Å². The minimum atomic E-state index is -0.553. The molecule has 0 saturated heterocycles. The molecule has 0 N–H and O–H groups in total. The zero-order valence-corrected chi connectivity index (χ0v) is 11.5. The molecule has 88 valence electrons. The Hall–Kier alpha value is -1.06. The molecule has 0 saturated carbocycles. The average molecular weight is 236 g/mol. The Labute approximate surface area is 100 Å². The molecule has 0 aliphatic rings. The summed E-state index contributed by atoms with van der Waals surface area (Å²) >= 11 is 0. The van der Waals surface area contributed by atoms with Crippen LogP contribution in [-0.2, 0) is 4.74 Å². The number of methoxy groups -OCH3 is 1. The van der Waals surface area contributed by atoms with Gasteiger partial charge < -0.3 is 9.16 Å². The summed E-state index contributed by atoms with van der Waals surface area (Å²) < 4.78 is 11.0. The lowest BCUT2D eigenvalue weighted by Gasteiger charge is -2.14. The first kappa shape index (κ1) is 13.0. The predicted octanol–water partition coefficient (Wildman–Crippen LogP) is 2.64. The fraction of sp³-hybridized carbons (Fsp3) is 0.385. The normalized spacial score (nSPS) is 12.9. The Morgan fingerprint density at radius 2 is 2.06 bits per heavy atom. The van der Waals surface area contributed by atoms with Crippen molar-refractivity contribution in [3.05, 3.63) is 36.4 Å². The van der Waals surface area contributed by atoms with E-state index in [1.165, 1.54) is 0 Å². The van der Waals surface area contributed by atoms with E-state index < -0.39 is 9.76 Å². The van der Waals surface area contributed by atoms with Gasteiger partial charge >= 0.3 is 0 Å². The van der Waals surface area contributed by atoms with E-state index in [0.29, 0.717) is 5.54 Å². The maximum atomic E-state index is 5.84. The fourth-order valence-electron chi connectivity index (χ4n) is 1.43. The molecule has 0 bridgehead atoms. The molecule has 0 aliphatic heterocycles. The molecule has 0 fully saturated rings. The van der Waals surface area contributed by atoms with E-state index in [0.717, 1.165) is 24.3 Å². The summed E-state index contributed by atoms with van der Waals surface area (Å²) in [5, 5.41) is 0. The monoisotopic (exact) mass is 236 g/mol. The quantitative estimate of drug-likeness (QED) is 0.678. The average Bonchev–Trinajstić information content (AvgIpc) is 2.35. The SMILES string of the molecule is C=Cc1ccc(O[SiH2]C(CC)COC)cc1. The second kappa shape index (κ2) is 7.25. The van der Waals surface area contributed by atoms with E-state index >= 15 is 0 Å². The molecule has 0 aliphatic carbocycles. The van der Waals surface area contributed by atoms with Crippen LogP contribution in [0, 0.1) is 0 Å². The summed E-state index contributed by atoms with van der Waals surface area (Å²) in [5.74, 6) is 0.965. The van der Waals surface area contributed by atoms with E-state index in [9.17, 15) is 0 Å². The van der Waals surface area contributed by atoms with Crippen molar-refractivity contribution in [1.29, 1.82) is 0 Å². The largest absolute Gasteiger partial charge is 0.549 e. The molecule has 1 aromatic rings. The van der Waals surface area contributed by atoms with Crippen molar-refractivity contribution in [3.63, 3.8) is 0 Å². The first-order valence-corrected chi connectivity index (χ1v) is 7.03. The van der Waals surface area contributed by atoms with Crippen molar-refractivity contribution in [1.82, 2.24) is 0 Å². The van der Waals surface area contributed by atoms with E-state index in [2.05, 4.69) is 13.5 Å². The molecule has 3 heteroatoms. The maximum absolute atomic E-state index is 5.84. The molecule has 2 nitrogen and oxygen atoms in total. The fourth-order valence-corrected chi connectivity index (χ4v) is 2.62. The van der Waals surface area contributed by atoms with Crippen LogP contribution in [0.3, 0.4) is 0 Å². The number of hydrogen-bond acceptors (Lipinski definition) is 2. The summed E-state index contributed by atoms with van der Waals surface area (Å²) in [7, 11) is 1.19. The van der Waals surface area contributed by atoms with Crippen molar-refractivity contribution < 1.29 is 9.16 Å². The molecule has 1 atom stereocenters. The van der Waals surface area contributed by atoms with Crippen LogP contribution >= 0.6 is 0 Å². The van der Waals surface area contributed by atoms with Crippen molar-refractivity contribution in [3.8, 4) is 5.75 Å². The molecule has 0 radical (unpaired) electrons. The third kappa shape index (κ3) is 4.21. The molecular formula is C13H20O2Si. The van der Waals surface area contributed by atoms with E-state index in [1.54, 1.807) is 7.11 Å². The summed E-state index contributed by atoms with van der Waals surface area (Å²) in [5.41, 5.74) is 1.72. The number of ether oxygens (including phenoxy) is 1. The third-order valence-corrected chi connectivity index (χ3v) is 4.37. The Morgan fingerprint density at radius 1 is 1.38 bits per heavy atom. The Kier molecular flexibility index (Phi) is 5.89. The highest BCUT2D eigenvalue weighted by atomic mass is 28.2. The molecule has 0 spiro atoms. The lowest BCUT2D eigenvalue weighted by atomic mass is 10.2. The molecular weight excluding hydrogens is 216 g/mol. The van der Waals surface area contributed by atoms with Crippen molar-refractivity contribution in [2.24, 2.45) is 0 Å². The van der Waals surface area contributed by atoms with Crippen LogP contribution in [0.4, 0.5) is 0 Å². The van der Waals surface area contributed by atoms with Crippen LogP contribution in [0.25, 0.3) is 6.08 Å². The molecule has 0 amide bonds. The number of rotatable bonds is 7. The van der Waals surface area contributed by atoms with Gasteiger partial charge in [-0.25, -0.2) is 0 Å². The van der Waals surface area contributed by atoms with E-state index in [1.807, 2.05) is 30.3 Å². The van der Waals surface area contributed by atoms with Gasteiger partial charge in [0.15, 0.2) is 0 Å². The first-order valence-electron chi connectivity index (χ1n) is 5.64. The van der Waals surface area contributed by atoms with Crippen LogP contribution in [0.5, 0.6) is 5.75 Å². The standard InChI is InChI=1S/C13H20O2Si/c1-4-11-6-8-12(9-7-11)15-16-13(5-2)10-14-3/h4,6-9,13H,1,5,10,16H2,2-3H3. The summed E-state index contributed by atoms with van der Waals surface area (Å²) in [6.07, 6.45) is 2.96. The van der Waals surface area contributed by atoms with Gasteiger partial charge in [0.25, 0.3) is 0 Å². The van der Waals surface area contributed by atoms with Crippen molar-refractivity contribution in [2.45, 2.75) is 18.9 Å². The first-order chi connectivity index (χ1) is 7.80. The molecule has 0 heterocycles. The Morgan fingerprint density at radius 3 is 2.56 bits per heavy atom. The van der Waals surface area contributed by atoms with Gasteiger partial charge in [0.2, 0.25) is 9.76 Å². The van der Waals surface area contributed by atoms with Gasteiger partial charge in [0.1, 0.15) is 5.75 Å². The van der Waals surface area contributed by atoms with Gasteiger partial charge in [-0.15, -0.1) is 0 Å². The third-order valence-electron chi connectivity index (χ3n) is 2.58. The van der Waals surface area contributed by atoms with Crippen LogP contribution < -0.4 is 4.43 Å². The van der Waals surface area contributed by atoms with E-state index in [-0.39, 0.29) is 0 Å². The van der Waals surface area contributed by atoms with Crippen LogP contribution in [0.15, 0.2) is 30.8 Å². The van der Waals surface area contributed by atoms with Crippen LogP contribution in [-0.4, -0.2) is 23.5 Å². The summed E-state index contributed by atoms with van der Waals surface area (Å²) in [6, 6.07) is 8.05. The van der Waals surface area contributed by atoms with Gasteiger partial charge in [0.05, 0.1) is 0 Å². The molecule has 1 rings (SSSR count). The van der Waals surface area contributed by atoms with Gasteiger partial charge in [-0.1, -0.05) is 38.1 Å². The lowest BCUT2D eigenvalue weighted by Crippen LogP contribution is -2.15. The highest BCUT2D eigenvalue weighted by Crippen LogP contribution is 2.15. The minimum Gasteiger partial charge on any atom is -0.549 e. The van der Waals surface area contributed by atoms with Gasteiger partial charge in [-0.3, -0.25) is 0 Å². The topological polar surface area (TPSA) is 18.5 Å². The molecule has 1 unspecified atom stereocenters. The van der Waals surface area contributed by atoms with Crippen LogP contribution in [0.1, 0.15) is 18.9 Å². The Bertz CT molecular complexity index is 308. The number of hydrogen-bond donors (Lipinski definition) is 0. The molecule has 0 aromatic heterocycles. The van der Waals surface area contributed by atoms with Gasteiger partial charge in [-0.05, 0) is 17.7 Å². The minimum absolute atomic E-state index is 0.553. The predicted molar refractivity (Wildman–Crippen MR) is 71.6 cm³/mol.